The topological polar surface area (TPSA) is 65.0 Å². The minimum atomic E-state index is -1.22. The fourth-order valence-corrected chi connectivity index (χ4v) is 4.53. The van der Waals surface area contributed by atoms with Crippen LogP contribution in [0.2, 0.25) is 0 Å². The van der Waals surface area contributed by atoms with E-state index in [1.165, 1.54) is 12.1 Å². The molecule has 1 aliphatic rings. The molecule has 6 heteroatoms. The summed E-state index contributed by atoms with van der Waals surface area (Å²) in [5.74, 6) is 0.0586. The summed E-state index contributed by atoms with van der Waals surface area (Å²) in [6, 6.07) is 20.6. The largest absolute Gasteiger partial charge is 0.507 e. The number of esters is 1. The van der Waals surface area contributed by atoms with Crippen molar-refractivity contribution in [3.05, 3.63) is 107 Å². The summed E-state index contributed by atoms with van der Waals surface area (Å²) >= 11 is 0. The van der Waals surface area contributed by atoms with Crippen LogP contribution in [0, 0.1) is 5.82 Å². The summed E-state index contributed by atoms with van der Waals surface area (Å²) in [5, 5.41) is 11.9. The van der Waals surface area contributed by atoms with Crippen LogP contribution in [0.1, 0.15) is 40.4 Å². The maximum Gasteiger partial charge on any atom is 0.341 e. The van der Waals surface area contributed by atoms with E-state index in [-0.39, 0.29) is 17.9 Å². The van der Waals surface area contributed by atoms with Gasteiger partial charge in [-0.3, -0.25) is 0 Å². The molecule has 0 saturated carbocycles. The maximum absolute atomic E-state index is 15.1. The third-order valence-electron chi connectivity index (χ3n) is 6.34. The van der Waals surface area contributed by atoms with Crippen molar-refractivity contribution in [2.45, 2.75) is 18.9 Å². The normalized spacial score (nSPS) is 16.3. The molecule has 0 amide bonds. The standard InChI is InChI=1S/C30H25FO5/c1-3-16-35-29(33)24-18-23-19(17-27(24)32)8-13-28-22(23)14-15-30(36-28,25-6-4-5-7-26(25)31)20-9-11-21(34-2)12-10-20/h4-15,17-18,32H,3,16H2,1-2H3. The van der Waals surface area contributed by atoms with Gasteiger partial charge in [-0.05, 0) is 65.7 Å². The average molecular weight is 485 g/mol. The van der Waals surface area contributed by atoms with Gasteiger partial charge >= 0.3 is 5.97 Å². The number of carbonyl (C=O) groups excluding carboxylic acids is 1. The molecule has 4 aromatic rings. The lowest BCUT2D eigenvalue weighted by molar-refractivity contribution is 0.0502. The Balaban J connectivity index is 1.67. The first-order valence-corrected chi connectivity index (χ1v) is 11.7. The number of rotatable bonds is 6. The van der Waals surface area contributed by atoms with Crippen molar-refractivity contribution < 1.29 is 28.5 Å². The van der Waals surface area contributed by atoms with E-state index in [1.54, 1.807) is 43.5 Å². The number of aromatic hydroxyl groups is 1. The van der Waals surface area contributed by atoms with Gasteiger partial charge in [-0.25, -0.2) is 9.18 Å². The molecule has 0 bridgehead atoms. The van der Waals surface area contributed by atoms with Gasteiger partial charge in [0.05, 0.1) is 13.7 Å². The van der Waals surface area contributed by atoms with Gasteiger partial charge < -0.3 is 19.3 Å². The number of hydrogen-bond donors (Lipinski definition) is 1. The van der Waals surface area contributed by atoms with E-state index in [2.05, 4.69) is 0 Å². The van der Waals surface area contributed by atoms with Crippen molar-refractivity contribution in [1.82, 2.24) is 0 Å². The van der Waals surface area contributed by atoms with E-state index >= 15 is 4.39 Å². The molecule has 5 rings (SSSR count). The molecule has 0 spiro atoms. The Kier molecular flexibility index (Phi) is 6.10. The number of phenols is 1. The van der Waals surface area contributed by atoms with Crippen LogP contribution in [-0.4, -0.2) is 24.8 Å². The van der Waals surface area contributed by atoms with Crippen LogP contribution in [0.5, 0.6) is 17.2 Å². The Hall–Kier alpha value is -4.32. The van der Waals surface area contributed by atoms with E-state index in [0.29, 0.717) is 28.9 Å². The Labute approximate surface area is 208 Å². The number of benzene rings is 4. The molecule has 5 nitrogen and oxygen atoms in total. The van der Waals surface area contributed by atoms with Crippen LogP contribution in [0.25, 0.3) is 16.8 Å². The van der Waals surface area contributed by atoms with Crippen LogP contribution in [0.3, 0.4) is 0 Å². The van der Waals surface area contributed by atoms with Crippen molar-refractivity contribution in [1.29, 1.82) is 0 Å². The summed E-state index contributed by atoms with van der Waals surface area (Å²) in [7, 11) is 1.59. The third kappa shape index (κ3) is 3.94. The van der Waals surface area contributed by atoms with Crippen LogP contribution in [0.15, 0.2) is 78.9 Å². The first kappa shape index (κ1) is 23.4. The number of hydrogen-bond acceptors (Lipinski definition) is 5. The summed E-state index contributed by atoms with van der Waals surface area (Å²) in [5.41, 5.74) is 0.672. The molecule has 0 aromatic heterocycles. The highest BCUT2D eigenvalue weighted by Gasteiger charge is 2.39. The van der Waals surface area contributed by atoms with Gasteiger partial charge in [-0.1, -0.05) is 43.3 Å². The molecule has 0 fully saturated rings. The van der Waals surface area contributed by atoms with E-state index in [0.717, 1.165) is 16.5 Å². The number of carbonyl (C=O) groups is 1. The molecule has 1 unspecified atom stereocenters. The van der Waals surface area contributed by atoms with Crippen molar-refractivity contribution in [3.63, 3.8) is 0 Å². The molecule has 1 atom stereocenters. The first-order chi connectivity index (χ1) is 17.5. The SMILES string of the molecule is CCCOC(=O)c1cc2c3c(ccc2cc1O)OC(c1ccc(OC)cc1)(c1ccccc1F)C=C3. The summed E-state index contributed by atoms with van der Waals surface area (Å²) in [6.07, 6.45) is 4.36. The molecule has 4 aromatic carbocycles. The van der Waals surface area contributed by atoms with Crippen LogP contribution < -0.4 is 9.47 Å². The second-order valence-corrected chi connectivity index (χ2v) is 8.58. The van der Waals surface area contributed by atoms with Gasteiger partial charge in [-0.15, -0.1) is 0 Å². The average Bonchev–Trinajstić information content (AvgIpc) is 2.91. The van der Waals surface area contributed by atoms with Crippen LogP contribution in [-0.2, 0) is 10.3 Å². The van der Waals surface area contributed by atoms with Gasteiger partial charge in [0, 0.05) is 16.7 Å². The van der Waals surface area contributed by atoms with E-state index < -0.39 is 17.4 Å². The zero-order chi connectivity index (χ0) is 25.3. The molecule has 182 valence electrons. The maximum atomic E-state index is 15.1. The predicted octanol–water partition coefficient (Wildman–Crippen LogP) is 6.61. The summed E-state index contributed by atoms with van der Waals surface area (Å²) < 4.78 is 32.3. The second-order valence-electron chi connectivity index (χ2n) is 8.58. The highest BCUT2D eigenvalue weighted by Crippen LogP contribution is 2.45. The Morgan fingerprint density at radius 2 is 1.83 bits per heavy atom. The molecule has 0 radical (unpaired) electrons. The monoisotopic (exact) mass is 484 g/mol. The molecular formula is C30H25FO5. The number of halogens is 1. The number of fused-ring (bicyclic) bond motifs is 3. The lowest BCUT2D eigenvalue weighted by Crippen LogP contribution is -2.35. The minimum absolute atomic E-state index is 0.0823. The predicted molar refractivity (Wildman–Crippen MR) is 136 cm³/mol. The lowest BCUT2D eigenvalue weighted by Gasteiger charge is -2.36. The van der Waals surface area contributed by atoms with E-state index in [4.69, 9.17) is 14.2 Å². The number of phenolic OH excluding ortho intramolecular Hbond substituents is 1. The van der Waals surface area contributed by atoms with E-state index in [1.807, 2.05) is 43.3 Å². The molecular weight excluding hydrogens is 459 g/mol. The highest BCUT2D eigenvalue weighted by molar-refractivity contribution is 6.02. The van der Waals surface area contributed by atoms with Crippen LogP contribution >= 0.6 is 0 Å². The zero-order valence-corrected chi connectivity index (χ0v) is 20.0. The zero-order valence-electron chi connectivity index (χ0n) is 20.0. The molecule has 1 aliphatic heterocycles. The summed E-state index contributed by atoms with van der Waals surface area (Å²) in [4.78, 5) is 12.5. The molecule has 0 aliphatic carbocycles. The highest BCUT2D eigenvalue weighted by atomic mass is 19.1. The Morgan fingerprint density at radius 1 is 1.06 bits per heavy atom. The molecule has 1 heterocycles. The molecule has 36 heavy (non-hydrogen) atoms. The van der Waals surface area contributed by atoms with Crippen molar-refractivity contribution in [2.75, 3.05) is 13.7 Å². The number of ether oxygens (including phenoxy) is 3. The van der Waals surface area contributed by atoms with Crippen molar-refractivity contribution in [3.8, 4) is 17.2 Å². The lowest BCUT2D eigenvalue weighted by atomic mass is 9.82. The fourth-order valence-electron chi connectivity index (χ4n) is 4.53. The van der Waals surface area contributed by atoms with Crippen molar-refractivity contribution >= 4 is 22.8 Å². The fraction of sp³-hybridized carbons (Fsp3) is 0.167. The van der Waals surface area contributed by atoms with Gasteiger partial charge in [0.15, 0.2) is 5.60 Å². The third-order valence-corrected chi connectivity index (χ3v) is 6.34. The van der Waals surface area contributed by atoms with Gasteiger partial charge in [0.1, 0.15) is 28.6 Å². The minimum Gasteiger partial charge on any atom is -0.507 e. The van der Waals surface area contributed by atoms with Gasteiger partial charge in [0.2, 0.25) is 0 Å². The Morgan fingerprint density at radius 3 is 2.56 bits per heavy atom. The molecule has 0 saturated heterocycles. The summed E-state index contributed by atoms with van der Waals surface area (Å²) in [6.45, 7) is 2.16. The first-order valence-electron chi connectivity index (χ1n) is 11.7. The number of methoxy groups -OCH3 is 1. The second kappa shape index (κ2) is 9.38. The quantitative estimate of drug-likeness (QED) is 0.312. The van der Waals surface area contributed by atoms with Crippen LogP contribution in [0.4, 0.5) is 4.39 Å². The van der Waals surface area contributed by atoms with Gasteiger partial charge in [0.25, 0.3) is 0 Å². The van der Waals surface area contributed by atoms with Gasteiger partial charge in [-0.2, -0.15) is 0 Å². The Bertz CT molecular complexity index is 1480. The smallest absolute Gasteiger partial charge is 0.341 e. The molecule has 1 N–H and O–H groups in total. The van der Waals surface area contributed by atoms with Crippen molar-refractivity contribution in [2.24, 2.45) is 0 Å². The van der Waals surface area contributed by atoms with E-state index in [9.17, 15) is 9.90 Å².